The maximum absolute atomic E-state index is 10.4. The zero-order valence-electron chi connectivity index (χ0n) is 21.7. The van der Waals surface area contributed by atoms with Crippen LogP contribution in [0, 0.1) is 20.8 Å². The molecule has 0 bridgehead atoms. The van der Waals surface area contributed by atoms with Crippen molar-refractivity contribution in [1.29, 1.82) is 0 Å². The molecule has 0 amide bonds. The maximum Gasteiger partial charge on any atom is 0.130 e. The van der Waals surface area contributed by atoms with Gasteiger partial charge in [-0.2, -0.15) is 0 Å². The van der Waals surface area contributed by atoms with Gasteiger partial charge in [0, 0.05) is 18.7 Å². The first-order valence-corrected chi connectivity index (χ1v) is 12.2. The highest BCUT2D eigenvalue weighted by Gasteiger charge is 2.34. The van der Waals surface area contributed by atoms with E-state index in [1.165, 1.54) is 11.1 Å². The molecule has 0 fully saturated rings. The minimum Gasteiger partial charge on any atom is -0.507 e. The molecule has 4 nitrogen and oxygen atoms in total. The molecule has 0 aliphatic carbocycles. The predicted octanol–water partition coefficient (Wildman–Crippen LogP) is 6.43. The number of ether oxygens (including phenoxy) is 2. The zero-order chi connectivity index (χ0) is 23.9. The summed E-state index contributed by atoms with van der Waals surface area (Å²) in [5.41, 5.74) is 6.57. The first kappa shape index (κ1) is 26.5. The number of phenolic OH excluding ortho intramolecular Hbond substituents is 1. The standard InChI is InChI=1S/C28H45NO3/c1-9-29(16-14-21(4)12-10-11-20(2)3)17-18-31-19-28(8)15-13-25-24(7)26(30)22(5)23(6)27(25)32-28/h11,14,30H,9-10,12-13,15-19H2,1-8H3/b21-14+. The minimum atomic E-state index is -0.327. The summed E-state index contributed by atoms with van der Waals surface area (Å²) in [6.45, 7) is 21.1. The molecule has 0 radical (unpaired) electrons. The largest absolute Gasteiger partial charge is 0.507 e. The van der Waals surface area contributed by atoms with Crippen LogP contribution < -0.4 is 4.74 Å². The summed E-state index contributed by atoms with van der Waals surface area (Å²) in [5.74, 6) is 1.35. The van der Waals surface area contributed by atoms with Gasteiger partial charge in [0.25, 0.3) is 0 Å². The SMILES string of the molecule is CCN(C/C=C(\C)CCC=C(C)C)CCOCC1(C)CCc2c(C)c(O)c(C)c(C)c2O1. The van der Waals surface area contributed by atoms with Crippen molar-refractivity contribution in [2.45, 2.75) is 86.7 Å². The van der Waals surface area contributed by atoms with Crippen LogP contribution in [0.1, 0.15) is 76.1 Å². The van der Waals surface area contributed by atoms with E-state index >= 15 is 0 Å². The van der Waals surface area contributed by atoms with Gasteiger partial charge in [-0.05, 0) is 97.4 Å². The maximum atomic E-state index is 10.4. The molecule has 1 atom stereocenters. The molecule has 1 heterocycles. The Bertz CT molecular complexity index is 836. The molecule has 2 rings (SSSR count). The lowest BCUT2D eigenvalue weighted by Crippen LogP contribution is -2.42. The van der Waals surface area contributed by atoms with Gasteiger partial charge in [0.2, 0.25) is 0 Å². The fourth-order valence-corrected chi connectivity index (χ4v) is 4.23. The summed E-state index contributed by atoms with van der Waals surface area (Å²) in [6.07, 6.45) is 8.73. The third kappa shape index (κ3) is 7.11. The molecule has 0 aromatic heterocycles. The number of fused-ring (bicyclic) bond motifs is 1. The molecule has 0 spiro atoms. The number of likely N-dealkylation sites (N-methyl/N-ethyl adjacent to an activating group) is 1. The van der Waals surface area contributed by atoms with E-state index in [-0.39, 0.29) is 5.60 Å². The van der Waals surface area contributed by atoms with Crippen molar-refractivity contribution < 1.29 is 14.6 Å². The van der Waals surface area contributed by atoms with Gasteiger partial charge in [-0.1, -0.05) is 30.2 Å². The van der Waals surface area contributed by atoms with E-state index in [0.717, 1.165) is 73.3 Å². The van der Waals surface area contributed by atoms with Gasteiger partial charge in [0.1, 0.15) is 17.1 Å². The molecule has 1 aromatic carbocycles. The monoisotopic (exact) mass is 443 g/mol. The third-order valence-corrected chi connectivity index (χ3v) is 6.79. The second kappa shape index (κ2) is 11.9. The lowest BCUT2D eigenvalue weighted by molar-refractivity contribution is -0.0319. The number of nitrogens with zero attached hydrogens (tertiary/aromatic N) is 1. The Morgan fingerprint density at radius 1 is 1.12 bits per heavy atom. The molecule has 180 valence electrons. The second-order valence-corrected chi connectivity index (χ2v) is 9.90. The molecule has 1 aliphatic rings. The highest BCUT2D eigenvalue weighted by atomic mass is 16.5. The normalized spacial score (nSPS) is 18.5. The Balaban J connectivity index is 1.84. The van der Waals surface area contributed by atoms with E-state index < -0.39 is 0 Å². The molecule has 0 saturated carbocycles. The van der Waals surface area contributed by atoms with Crippen molar-refractivity contribution in [3.63, 3.8) is 0 Å². The summed E-state index contributed by atoms with van der Waals surface area (Å²) < 4.78 is 12.6. The molecule has 0 saturated heterocycles. The van der Waals surface area contributed by atoms with Gasteiger partial charge in [0.05, 0.1) is 13.2 Å². The Morgan fingerprint density at radius 3 is 2.50 bits per heavy atom. The van der Waals surface area contributed by atoms with Crippen LogP contribution in [0.15, 0.2) is 23.3 Å². The van der Waals surface area contributed by atoms with Crippen molar-refractivity contribution in [2.75, 3.05) is 32.8 Å². The van der Waals surface area contributed by atoms with Crippen LogP contribution in [0.3, 0.4) is 0 Å². The Morgan fingerprint density at radius 2 is 1.84 bits per heavy atom. The van der Waals surface area contributed by atoms with E-state index in [9.17, 15) is 5.11 Å². The van der Waals surface area contributed by atoms with Gasteiger partial charge in [0.15, 0.2) is 0 Å². The lowest BCUT2D eigenvalue weighted by Gasteiger charge is -2.37. The van der Waals surface area contributed by atoms with Gasteiger partial charge < -0.3 is 14.6 Å². The van der Waals surface area contributed by atoms with Gasteiger partial charge >= 0.3 is 0 Å². The van der Waals surface area contributed by atoms with E-state index in [1.54, 1.807) is 0 Å². The van der Waals surface area contributed by atoms with Crippen molar-refractivity contribution in [3.8, 4) is 11.5 Å². The van der Waals surface area contributed by atoms with Crippen LogP contribution >= 0.6 is 0 Å². The van der Waals surface area contributed by atoms with Crippen molar-refractivity contribution in [2.24, 2.45) is 0 Å². The van der Waals surface area contributed by atoms with Gasteiger partial charge in [-0.3, -0.25) is 4.90 Å². The van der Waals surface area contributed by atoms with E-state index in [2.05, 4.69) is 51.7 Å². The molecule has 4 heteroatoms. The van der Waals surface area contributed by atoms with Crippen LogP contribution in [0.2, 0.25) is 0 Å². The third-order valence-electron chi connectivity index (χ3n) is 6.79. The Labute approximate surface area is 196 Å². The van der Waals surface area contributed by atoms with Crippen molar-refractivity contribution >= 4 is 0 Å². The predicted molar refractivity (Wildman–Crippen MR) is 135 cm³/mol. The number of rotatable bonds is 11. The summed E-state index contributed by atoms with van der Waals surface area (Å²) in [5, 5.41) is 10.4. The van der Waals surface area contributed by atoms with Crippen LogP contribution in [-0.2, 0) is 11.2 Å². The molecular weight excluding hydrogens is 398 g/mol. The number of hydrogen-bond donors (Lipinski definition) is 1. The molecule has 1 N–H and O–H groups in total. The Kier molecular flexibility index (Phi) is 9.84. The first-order valence-electron chi connectivity index (χ1n) is 12.2. The zero-order valence-corrected chi connectivity index (χ0v) is 21.7. The van der Waals surface area contributed by atoms with E-state index in [0.29, 0.717) is 19.0 Å². The summed E-state index contributed by atoms with van der Waals surface area (Å²) >= 11 is 0. The van der Waals surface area contributed by atoms with E-state index in [4.69, 9.17) is 9.47 Å². The average Bonchev–Trinajstić information content (AvgIpc) is 2.75. The van der Waals surface area contributed by atoms with Crippen LogP contribution in [-0.4, -0.2) is 48.5 Å². The average molecular weight is 444 g/mol. The van der Waals surface area contributed by atoms with E-state index in [1.807, 2.05) is 20.8 Å². The lowest BCUT2D eigenvalue weighted by atomic mass is 9.87. The number of benzene rings is 1. The molecule has 1 unspecified atom stereocenters. The molecule has 1 aromatic rings. The summed E-state index contributed by atoms with van der Waals surface area (Å²) in [6, 6.07) is 0. The fourth-order valence-electron chi connectivity index (χ4n) is 4.23. The molecular formula is C28H45NO3. The van der Waals surface area contributed by atoms with Crippen molar-refractivity contribution in [1.82, 2.24) is 4.90 Å². The van der Waals surface area contributed by atoms with Crippen molar-refractivity contribution in [3.05, 3.63) is 45.6 Å². The smallest absolute Gasteiger partial charge is 0.130 e. The highest BCUT2D eigenvalue weighted by molar-refractivity contribution is 5.58. The molecule has 32 heavy (non-hydrogen) atoms. The number of phenols is 1. The first-order chi connectivity index (χ1) is 15.1. The van der Waals surface area contributed by atoms with Gasteiger partial charge in [-0.15, -0.1) is 0 Å². The second-order valence-electron chi connectivity index (χ2n) is 9.90. The summed E-state index contributed by atoms with van der Waals surface area (Å²) in [4.78, 5) is 2.42. The summed E-state index contributed by atoms with van der Waals surface area (Å²) in [7, 11) is 0. The minimum absolute atomic E-state index is 0.327. The topological polar surface area (TPSA) is 41.9 Å². The highest BCUT2D eigenvalue weighted by Crippen LogP contribution is 2.43. The Hall–Kier alpha value is -1.78. The van der Waals surface area contributed by atoms with Crippen LogP contribution in [0.5, 0.6) is 11.5 Å². The number of allylic oxidation sites excluding steroid dienone is 3. The fraction of sp³-hybridized carbons (Fsp3) is 0.643. The molecule has 1 aliphatic heterocycles. The van der Waals surface area contributed by atoms with Crippen LogP contribution in [0.4, 0.5) is 0 Å². The number of hydrogen-bond acceptors (Lipinski definition) is 4. The number of aromatic hydroxyl groups is 1. The van der Waals surface area contributed by atoms with Gasteiger partial charge in [-0.25, -0.2) is 0 Å². The quantitative estimate of drug-likeness (QED) is 0.316. The van der Waals surface area contributed by atoms with Crippen LogP contribution in [0.25, 0.3) is 0 Å².